The molecule has 0 radical (unpaired) electrons. The van der Waals surface area contributed by atoms with Crippen molar-refractivity contribution in [3.8, 4) is 0 Å². The average Bonchev–Trinajstić information content (AvgIpc) is 2.14. The molecule has 3 nitrogen and oxygen atoms in total. The number of anilines is 2. The van der Waals surface area contributed by atoms with Gasteiger partial charge in [0.05, 0.1) is 17.0 Å². The molecular weight excluding hydrogens is 200 g/mol. The van der Waals surface area contributed by atoms with Gasteiger partial charge in [0, 0.05) is 6.54 Å². The largest absolute Gasteiger partial charge is 0.397 e. The van der Waals surface area contributed by atoms with Gasteiger partial charge in [0.15, 0.2) is 0 Å². The van der Waals surface area contributed by atoms with E-state index in [1.165, 1.54) is 0 Å². The van der Waals surface area contributed by atoms with Crippen LogP contribution in [-0.2, 0) is 0 Å². The number of nitrogens with one attached hydrogen (secondary N) is 1. The van der Waals surface area contributed by atoms with Gasteiger partial charge in [-0.1, -0.05) is 26.0 Å². The third-order valence-corrected chi connectivity index (χ3v) is 2.47. The molecule has 0 amide bonds. The van der Waals surface area contributed by atoms with Crippen LogP contribution >= 0.6 is 0 Å². The maximum absolute atomic E-state index is 10.1. The highest BCUT2D eigenvalue weighted by molar-refractivity contribution is 5.65. The summed E-state index contributed by atoms with van der Waals surface area (Å²) in [5.74, 6) is 0.477. The van der Waals surface area contributed by atoms with Crippen LogP contribution in [0.25, 0.3) is 0 Å². The zero-order valence-electron chi connectivity index (χ0n) is 10.3. The van der Waals surface area contributed by atoms with E-state index >= 15 is 0 Å². The first-order valence-electron chi connectivity index (χ1n) is 5.71. The zero-order chi connectivity index (χ0) is 12.2. The van der Waals surface area contributed by atoms with Gasteiger partial charge in [-0.3, -0.25) is 0 Å². The molecule has 0 saturated heterocycles. The molecule has 1 rings (SSSR count). The van der Waals surface area contributed by atoms with Gasteiger partial charge in [-0.05, 0) is 31.4 Å². The maximum Gasteiger partial charge on any atom is 0.0793 e. The third kappa shape index (κ3) is 4.11. The fourth-order valence-electron chi connectivity index (χ4n) is 1.90. The number of aliphatic hydroxyl groups is 1. The van der Waals surface area contributed by atoms with Gasteiger partial charge in [0.25, 0.3) is 0 Å². The molecular formula is C13H22N2O. The van der Waals surface area contributed by atoms with Crippen LogP contribution in [0.1, 0.15) is 27.2 Å². The summed E-state index contributed by atoms with van der Waals surface area (Å²) in [5.41, 5.74) is 6.70. The Kier molecular flexibility index (Phi) is 4.19. The Morgan fingerprint density at radius 3 is 2.56 bits per heavy atom. The molecule has 0 bridgehead atoms. The molecule has 0 aliphatic carbocycles. The van der Waals surface area contributed by atoms with Gasteiger partial charge in [0.2, 0.25) is 0 Å². The number of benzene rings is 1. The van der Waals surface area contributed by atoms with Gasteiger partial charge in [0.1, 0.15) is 0 Å². The highest BCUT2D eigenvalue weighted by atomic mass is 16.3. The van der Waals surface area contributed by atoms with Gasteiger partial charge in [-0.15, -0.1) is 0 Å². The Hall–Kier alpha value is -1.22. The van der Waals surface area contributed by atoms with E-state index in [2.05, 4.69) is 19.2 Å². The molecule has 0 heterocycles. The number of hydrogen-bond donors (Lipinski definition) is 3. The monoisotopic (exact) mass is 222 g/mol. The second-order valence-corrected chi connectivity index (χ2v) is 5.04. The molecule has 4 N–H and O–H groups in total. The minimum atomic E-state index is -0.698. The van der Waals surface area contributed by atoms with Crippen LogP contribution in [0.5, 0.6) is 0 Å². The Balaban J connectivity index is 2.54. The number of hydrogen-bond acceptors (Lipinski definition) is 3. The Bertz CT molecular complexity index is 334. The standard InChI is InChI=1S/C13H22N2O/c1-10(2)8-13(3,16)9-15-12-7-5-4-6-11(12)14/h4-7,10,15-16H,8-9,14H2,1-3H3. The summed E-state index contributed by atoms with van der Waals surface area (Å²) in [6.45, 7) is 6.56. The molecule has 16 heavy (non-hydrogen) atoms. The number of rotatable bonds is 5. The van der Waals surface area contributed by atoms with Crippen molar-refractivity contribution in [2.24, 2.45) is 5.92 Å². The molecule has 1 atom stereocenters. The fraction of sp³-hybridized carbons (Fsp3) is 0.538. The molecule has 3 heteroatoms. The van der Waals surface area contributed by atoms with E-state index in [0.717, 1.165) is 12.1 Å². The second kappa shape index (κ2) is 5.21. The maximum atomic E-state index is 10.1. The molecule has 1 aromatic rings. The van der Waals surface area contributed by atoms with E-state index < -0.39 is 5.60 Å². The van der Waals surface area contributed by atoms with Crippen LogP contribution in [-0.4, -0.2) is 17.3 Å². The van der Waals surface area contributed by atoms with Crippen molar-refractivity contribution >= 4 is 11.4 Å². The Labute approximate surface area is 97.7 Å². The van der Waals surface area contributed by atoms with Crippen LogP contribution in [0.2, 0.25) is 0 Å². The van der Waals surface area contributed by atoms with Crippen LogP contribution in [0.4, 0.5) is 11.4 Å². The van der Waals surface area contributed by atoms with Crippen molar-refractivity contribution in [3.05, 3.63) is 24.3 Å². The van der Waals surface area contributed by atoms with E-state index in [-0.39, 0.29) is 0 Å². The van der Waals surface area contributed by atoms with E-state index in [1.807, 2.05) is 31.2 Å². The predicted octanol–water partition coefficient (Wildman–Crippen LogP) is 2.48. The molecule has 0 aliphatic rings. The third-order valence-electron chi connectivity index (χ3n) is 2.47. The molecule has 0 spiro atoms. The van der Waals surface area contributed by atoms with Gasteiger partial charge in [-0.25, -0.2) is 0 Å². The number of nitrogens with two attached hydrogens (primary N) is 1. The van der Waals surface area contributed by atoms with E-state index in [0.29, 0.717) is 18.2 Å². The van der Waals surface area contributed by atoms with Crippen molar-refractivity contribution in [2.45, 2.75) is 32.8 Å². The molecule has 0 fully saturated rings. The Morgan fingerprint density at radius 2 is 2.00 bits per heavy atom. The molecule has 1 aromatic carbocycles. The molecule has 1 unspecified atom stereocenters. The minimum absolute atomic E-state index is 0.477. The predicted molar refractivity (Wildman–Crippen MR) is 69.4 cm³/mol. The molecule has 0 aromatic heterocycles. The summed E-state index contributed by atoms with van der Waals surface area (Å²) in [4.78, 5) is 0. The summed E-state index contributed by atoms with van der Waals surface area (Å²) in [5, 5.41) is 13.3. The number of para-hydroxylation sites is 2. The van der Waals surface area contributed by atoms with Gasteiger partial charge < -0.3 is 16.2 Å². The lowest BCUT2D eigenvalue weighted by Crippen LogP contribution is -2.35. The van der Waals surface area contributed by atoms with E-state index in [4.69, 9.17) is 5.73 Å². The van der Waals surface area contributed by atoms with Crippen LogP contribution in [0, 0.1) is 5.92 Å². The SMILES string of the molecule is CC(C)CC(C)(O)CNc1ccccc1N. The lowest BCUT2D eigenvalue weighted by atomic mass is 9.94. The first-order valence-corrected chi connectivity index (χ1v) is 5.71. The van der Waals surface area contributed by atoms with Crippen LogP contribution < -0.4 is 11.1 Å². The smallest absolute Gasteiger partial charge is 0.0793 e. The summed E-state index contributed by atoms with van der Waals surface area (Å²) in [6.07, 6.45) is 0.771. The summed E-state index contributed by atoms with van der Waals surface area (Å²) in [7, 11) is 0. The Morgan fingerprint density at radius 1 is 1.38 bits per heavy atom. The molecule has 90 valence electrons. The van der Waals surface area contributed by atoms with Crippen molar-refractivity contribution in [1.29, 1.82) is 0 Å². The van der Waals surface area contributed by atoms with Gasteiger partial charge >= 0.3 is 0 Å². The zero-order valence-corrected chi connectivity index (χ0v) is 10.3. The highest BCUT2D eigenvalue weighted by Gasteiger charge is 2.21. The van der Waals surface area contributed by atoms with Crippen LogP contribution in [0.15, 0.2) is 24.3 Å². The number of nitrogen functional groups attached to an aromatic ring is 1. The van der Waals surface area contributed by atoms with Crippen molar-refractivity contribution in [2.75, 3.05) is 17.6 Å². The lowest BCUT2D eigenvalue weighted by molar-refractivity contribution is 0.0516. The van der Waals surface area contributed by atoms with Crippen molar-refractivity contribution in [3.63, 3.8) is 0 Å². The average molecular weight is 222 g/mol. The molecule has 0 aliphatic heterocycles. The highest BCUT2D eigenvalue weighted by Crippen LogP contribution is 2.20. The topological polar surface area (TPSA) is 58.3 Å². The molecule has 0 saturated carbocycles. The van der Waals surface area contributed by atoms with Crippen LogP contribution in [0.3, 0.4) is 0 Å². The van der Waals surface area contributed by atoms with Gasteiger partial charge in [-0.2, -0.15) is 0 Å². The quantitative estimate of drug-likeness (QED) is 0.671. The van der Waals surface area contributed by atoms with E-state index in [1.54, 1.807) is 0 Å². The summed E-state index contributed by atoms with van der Waals surface area (Å²) >= 11 is 0. The minimum Gasteiger partial charge on any atom is -0.397 e. The first-order chi connectivity index (χ1) is 7.41. The summed E-state index contributed by atoms with van der Waals surface area (Å²) < 4.78 is 0. The van der Waals surface area contributed by atoms with Crippen molar-refractivity contribution < 1.29 is 5.11 Å². The normalized spacial score (nSPS) is 14.8. The fourth-order valence-corrected chi connectivity index (χ4v) is 1.90. The van der Waals surface area contributed by atoms with Crippen molar-refractivity contribution in [1.82, 2.24) is 0 Å². The lowest BCUT2D eigenvalue weighted by Gasteiger charge is -2.26. The van der Waals surface area contributed by atoms with E-state index in [9.17, 15) is 5.11 Å². The first kappa shape index (κ1) is 12.8. The second-order valence-electron chi connectivity index (χ2n) is 5.04. The summed E-state index contributed by atoms with van der Waals surface area (Å²) in [6, 6.07) is 7.59.